The topological polar surface area (TPSA) is 50.5 Å². The Hall–Kier alpha value is -0.910. The van der Waals surface area contributed by atoms with Crippen LogP contribution in [0.15, 0.2) is 12.4 Å². The molecule has 0 bridgehead atoms. The molecular weight excluding hydrogens is 218 g/mol. The summed E-state index contributed by atoms with van der Waals surface area (Å²) in [6, 6.07) is 0. The number of aliphatic hydroxyl groups is 1. The van der Waals surface area contributed by atoms with Gasteiger partial charge in [0.1, 0.15) is 0 Å². The first-order valence-corrected chi connectivity index (χ1v) is 6.11. The number of hydrogen-bond donors (Lipinski definition) is 1. The first kappa shape index (κ1) is 12.5. The Morgan fingerprint density at radius 2 is 2.41 bits per heavy atom. The number of aromatic nitrogens is 2. The average molecular weight is 239 g/mol. The molecule has 1 N–H and O–H groups in total. The molecule has 1 fully saturated rings. The lowest BCUT2D eigenvalue weighted by Crippen LogP contribution is -2.46. The molecule has 2 unspecified atom stereocenters. The minimum Gasteiger partial charge on any atom is -0.390 e. The maximum atomic E-state index is 10.1. The molecule has 1 aliphatic rings. The SMILES string of the molecule is CN1CCOC(C(O)CCc2cnn(C)c2)C1. The molecule has 2 atom stereocenters. The van der Waals surface area contributed by atoms with Crippen molar-refractivity contribution in [2.24, 2.45) is 7.05 Å². The van der Waals surface area contributed by atoms with Crippen LogP contribution in [0.2, 0.25) is 0 Å². The molecule has 17 heavy (non-hydrogen) atoms. The van der Waals surface area contributed by atoms with Gasteiger partial charge in [-0.2, -0.15) is 5.10 Å². The summed E-state index contributed by atoms with van der Waals surface area (Å²) >= 11 is 0. The second-order valence-corrected chi connectivity index (χ2v) is 4.80. The second-order valence-electron chi connectivity index (χ2n) is 4.80. The van der Waals surface area contributed by atoms with E-state index in [1.165, 1.54) is 0 Å². The lowest BCUT2D eigenvalue weighted by Gasteiger charge is -2.32. The molecule has 1 aromatic rings. The molecule has 1 aliphatic heterocycles. The van der Waals surface area contributed by atoms with Crippen molar-refractivity contribution in [3.8, 4) is 0 Å². The van der Waals surface area contributed by atoms with Gasteiger partial charge in [-0.15, -0.1) is 0 Å². The maximum absolute atomic E-state index is 10.1. The van der Waals surface area contributed by atoms with Crippen molar-refractivity contribution in [1.29, 1.82) is 0 Å². The van der Waals surface area contributed by atoms with Crippen LogP contribution in [0.4, 0.5) is 0 Å². The first-order valence-electron chi connectivity index (χ1n) is 6.11. The van der Waals surface area contributed by atoms with E-state index < -0.39 is 6.10 Å². The predicted octanol–water partition coefficient (Wildman–Crippen LogP) is 0.0442. The van der Waals surface area contributed by atoms with Gasteiger partial charge >= 0.3 is 0 Å². The van der Waals surface area contributed by atoms with Gasteiger partial charge in [-0.1, -0.05) is 0 Å². The smallest absolute Gasteiger partial charge is 0.0960 e. The van der Waals surface area contributed by atoms with E-state index in [0.29, 0.717) is 6.61 Å². The lowest BCUT2D eigenvalue weighted by molar-refractivity contribution is -0.0847. The summed E-state index contributed by atoms with van der Waals surface area (Å²) in [6.07, 6.45) is 4.97. The molecule has 0 spiro atoms. The molecule has 1 aromatic heterocycles. The van der Waals surface area contributed by atoms with Gasteiger partial charge in [-0.25, -0.2) is 0 Å². The average Bonchev–Trinajstić information content (AvgIpc) is 2.72. The largest absolute Gasteiger partial charge is 0.390 e. The molecule has 5 heteroatoms. The van der Waals surface area contributed by atoms with Crippen molar-refractivity contribution in [2.75, 3.05) is 26.7 Å². The Morgan fingerprint density at radius 3 is 3.06 bits per heavy atom. The normalized spacial score (nSPS) is 23.8. The highest BCUT2D eigenvalue weighted by atomic mass is 16.5. The summed E-state index contributed by atoms with van der Waals surface area (Å²) in [4.78, 5) is 2.20. The van der Waals surface area contributed by atoms with E-state index in [0.717, 1.165) is 31.5 Å². The molecule has 0 aromatic carbocycles. The van der Waals surface area contributed by atoms with Gasteiger partial charge in [0.25, 0.3) is 0 Å². The number of aryl methyl sites for hydroxylation is 2. The third-order valence-electron chi connectivity index (χ3n) is 3.21. The number of likely N-dealkylation sites (N-methyl/N-ethyl adjacent to an activating group) is 1. The summed E-state index contributed by atoms with van der Waals surface area (Å²) in [6.45, 7) is 2.48. The van der Waals surface area contributed by atoms with Crippen molar-refractivity contribution in [1.82, 2.24) is 14.7 Å². The van der Waals surface area contributed by atoms with Crippen molar-refractivity contribution in [2.45, 2.75) is 25.0 Å². The van der Waals surface area contributed by atoms with E-state index in [-0.39, 0.29) is 6.10 Å². The number of ether oxygens (including phenoxy) is 1. The van der Waals surface area contributed by atoms with Crippen LogP contribution < -0.4 is 0 Å². The van der Waals surface area contributed by atoms with Crippen molar-refractivity contribution in [3.05, 3.63) is 18.0 Å². The van der Waals surface area contributed by atoms with Crippen LogP contribution in [0.25, 0.3) is 0 Å². The number of hydrogen-bond acceptors (Lipinski definition) is 4. The van der Waals surface area contributed by atoms with Crippen LogP contribution in [0, 0.1) is 0 Å². The van der Waals surface area contributed by atoms with Crippen LogP contribution in [0.1, 0.15) is 12.0 Å². The monoisotopic (exact) mass is 239 g/mol. The Morgan fingerprint density at radius 1 is 1.59 bits per heavy atom. The summed E-state index contributed by atoms with van der Waals surface area (Å²) < 4.78 is 7.38. The molecule has 0 amide bonds. The zero-order valence-electron chi connectivity index (χ0n) is 10.5. The van der Waals surface area contributed by atoms with Gasteiger partial charge in [-0.3, -0.25) is 4.68 Å². The van der Waals surface area contributed by atoms with Crippen LogP contribution in [0.3, 0.4) is 0 Å². The van der Waals surface area contributed by atoms with Crippen LogP contribution in [-0.4, -0.2) is 58.7 Å². The van der Waals surface area contributed by atoms with Crippen LogP contribution >= 0.6 is 0 Å². The number of rotatable bonds is 4. The highest BCUT2D eigenvalue weighted by Gasteiger charge is 2.24. The Kier molecular flexibility index (Phi) is 4.15. The zero-order valence-corrected chi connectivity index (χ0v) is 10.5. The molecule has 1 saturated heterocycles. The fraction of sp³-hybridized carbons (Fsp3) is 0.750. The van der Waals surface area contributed by atoms with Crippen molar-refractivity contribution < 1.29 is 9.84 Å². The quantitative estimate of drug-likeness (QED) is 0.806. The number of aliphatic hydroxyl groups excluding tert-OH is 1. The zero-order chi connectivity index (χ0) is 12.3. The Balaban J connectivity index is 1.78. The van der Waals surface area contributed by atoms with E-state index in [1.807, 2.05) is 19.4 Å². The van der Waals surface area contributed by atoms with E-state index >= 15 is 0 Å². The van der Waals surface area contributed by atoms with Gasteiger partial charge in [-0.05, 0) is 25.5 Å². The molecular formula is C12H21N3O2. The molecule has 0 radical (unpaired) electrons. The summed E-state index contributed by atoms with van der Waals surface area (Å²) in [5, 5.41) is 14.2. The van der Waals surface area contributed by atoms with Crippen molar-refractivity contribution in [3.63, 3.8) is 0 Å². The Labute approximate surface area is 102 Å². The van der Waals surface area contributed by atoms with Gasteiger partial charge < -0.3 is 14.7 Å². The molecule has 96 valence electrons. The summed E-state index contributed by atoms with van der Waals surface area (Å²) in [5.41, 5.74) is 1.16. The number of nitrogens with zero attached hydrogens (tertiary/aromatic N) is 3. The van der Waals surface area contributed by atoms with Crippen molar-refractivity contribution >= 4 is 0 Å². The van der Waals surface area contributed by atoms with E-state index in [4.69, 9.17) is 4.74 Å². The highest BCUT2D eigenvalue weighted by molar-refractivity contribution is 5.04. The fourth-order valence-corrected chi connectivity index (χ4v) is 2.15. The Bertz CT molecular complexity index is 353. The lowest BCUT2D eigenvalue weighted by atomic mass is 10.0. The number of morpholine rings is 1. The third kappa shape index (κ3) is 3.52. The first-order chi connectivity index (χ1) is 8.15. The van der Waals surface area contributed by atoms with E-state index in [1.54, 1.807) is 4.68 Å². The van der Waals surface area contributed by atoms with E-state index in [2.05, 4.69) is 17.0 Å². The summed E-state index contributed by atoms with van der Waals surface area (Å²) in [7, 11) is 3.96. The molecule has 2 rings (SSSR count). The van der Waals surface area contributed by atoms with Gasteiger partial charge in [0, 0.05) is 26.3 Å². The van der Waals surface area contributed by atoms with Gasteiger partial charge in [0.05, 0.1) is 25.0 Å². The predicted molar refractivity (Wildman–Crippen MR) is 64.8 cm³/mol. The maximum Gasteiger partial charge on any atom is 0.0960 e. The molecule has 0 aliphatic carbocycles. The van der Waals surface area contributed by atoms with Gasteiger partial charge in [0.15, 0.2) is 0 Å². The molecule has 2 heterocycles. The summed E-state index contributed by atoms with van der Waals surface area (Å²) in [5.74, 6) is 0. The van der Waals surface area contributed by atoms with Gasteiger partial charge in [0.2, 0.25) is 0 Å². The highest BCUT2D eigenvalue weighted by Crippen LogP contribution is 2.12. The minimum atomic E-state index is -0.391. The standard InChI is InChI=1S/C12H21N3O2/c1-14-5-6-17-12(9-14)11(16)4-3-10-7-13-15(2)8-10/h7-8,11-12,16H,3-6,9H2,1-2H3. The van der Waals surface area contributed by atoms with E-state index in [9.17, 15) is 5.11 Å². The van der Waals surface area contributed by atoms with Crippen LogP contribution in [-0.2, 0) is 18.2 Å². The fourth-order valence-electron chi connectivity index (χ4n) is 2.15. The molecule has 5 nitrogen and oxygen atoms in total. The second kappa shape index (κ2) is 5.62. The molecule has 0 saturated carbocycles. The van der Waals surface area contributed by atoms with Crippen LogP contribution in [0.5, 0.6) is 0 Å². The third-order valence-corrected chi connectivity index (χ3v) is 3.21. The minimum absolute atomic E-state index is 0.0505.